The van der Waals surface area contributed by atoms with Crippen LogP contribution in [0.25, 0.3) is 10.9 Å². The van der Waals surface area contributed by atoms with Gasteiger partial charge in [0.05, 0.1) is 0 Å². The number of aromatic nitrogens is 1. The Labute approximate surface area is 91.5 Å². The fourth-order valence-electron chi connectivity index (χ4n) is 1.84. The summed E-state index contributed by atoms with van der Waals surface area (Å²) >= 11 is 0. The largest absolute Gasteiger partial charge is 0.477 e. The van der Waals surface area contributed by atoms with Gasteiger partial charge in [-0.2, -0.15) is 0 Å². The number of carboxylic acids is 1. The van der Waals surface area contributed by atoms with E-state index in [0.29, 0.717) is 11.1 Å². The Kier molecular flexibility index (Phi) is 2.27. The number of aryl methyl sites for hydroxylation is 2. The van der Waals surface area contributed by atoms with Gasteiger partial charge in [-0.05, 0) is 31.0 Å². The number of hydrogen-bond donors (Lipinski definition) is 2. The van der Waals surface area contributed by atoms with E-state index in [1.165, 1.54) is 0 Å². The molecule has 82 valence electrons. The number of carboxylic acid groups (broad SMARTS) is 1. The third-order valence-corrected chi connectivity index (χ3v) is 2.64. The van der Waals surface area contributed by atoms with Gasteiger partial charge in [-0.15, -0.1) is 0 Å². The molecule has 16 heavy (non-hydrogen) atoms. The number of aromatic amines is 1. The van der Waals surface area contributed by atoms with Crippen molar-refractivity contribution in [1.29, 1.82) is 0 Å². The molecule has 1 heterocycles. The summed E-state index contributed by atoms with van der Waals surface area (Å²) in [6.07, 6.45) is 0. The molecule has 0 radical (unpaired) electrons. The van der Waals surface area contributed by atoms with Crippen LogP contribution in [-0.4, -0.2) is 16.1 Å². The van der Waals surface area contributed by atoms with Gasteiger partial charge in [-0.25, -0.2) is 4.79 Å². The van der Waals surface area contributed by atoms with Crippen molar-refractivity contribution in [3.05, 3.63) is 45.2 Å². The molecule has 0 aliphatic rings. The average molecular weight is 217 g/mol. The highest BCUT2D eigenvalue weighted by molar-refractivity contribution is 5.95. The zero-order chi connectivity index (χ0) is 11.9. The highest BCUT2D eigenvalue weighted by Gasteiger charge is 2.15. The minimum Gasteiger partial charge on any atom is -0.477 e. The lowest BCUT2D eigenvalue weighted by Crippen LogP contribution is -2.19. The second kappa shape index (κ2) is 3.48. The van der Waals surface area contributed by atoms with Crippen molar-refractivity contribution in [2.75, 3.05) is 0 Å². The summed E-state index contributed by atoms with van der Waals surface area (Å²) in [5.41, 5.74) is 1.46. The lowest BCUT2D eigenvalue weighted by atomic mass is 10.0. The Bertz CT molecular complexity index is 640. The van der Waals surface area contributed by atoms with E-state index in [9.17, 15) is 9.59 Å². The molecule has 0 amide bonds. The highest BCUT2D eigenvalue weighted by atomic mass is 16.4. The quantitative estimate of drug-likeness (QED) is 0.765. The lowest BCUT2D eigenvalue weighted by molar-refractivity contribution is 0.0694. The number of nitrogens with one attached hydrogen (secondary N) is 1. The van der Waals surface area contributed by atoms with Crippen LogP contribution < -0.4 is 5.56 Å². The number of rotatable bonds is 1. The number of hydrogen-bond acceptors (Lipinski definition) is 2. The first kappa shape index (κ1) is 10.4. The molecule has 0 aliphatic carbocycles. The van der Waals surface area contributed by atoms with E-state index in [2.05, 4.69) is 4.98 Å². The van der Waals surface area contributed by atoms with Crippen molar-refractivity contribution in [1.82, 2.24) is 4.98 Å². The predicted molar refractivity (Wildman–Crippen MR) is 61.0 cm³/mol. The standard InChI is InChI=1S/C12H11NO3/c1-6-3-4-8-7(2)10(12(15)16)11(14)13-9(8)5-6/h3-5H,1-2H3,(H,13,14)(H,15,16). The third-order valence-electron chi connectivity index (χ3n) is 2.64. The molecule has 2 N–H and O–H groups in total. The Balaban J connectivity index is 2.94. The summed E-state index contributed by atoms with van der Waals surface area (Å²) < 4.78 is 0. The Morgan fingerprint density at radius 2 is 2.00 bits per heavy atom. The molecule has 0 aliphatic heterocycles. The van der Waals surface area contributed by atoms with Gasteiger partial charge in [0.1, 0.15) is 5.56 Å². The molecule has 4 heteroatoms. The van der Waals surface area contributed by atoms with Gasteiger partial charge in [0.15, 0.2) is 0 Å². The molecule has 0 saturated heterocycles. The van der Waals surface area contributed by atoms with Gasteiger partial charge >= 0.3 is 5.97 Å². The van der Waals surface area contributed by atoms with E-state index < -0.39 is 11.5 Å². The maximum absolute atomic E-state index is 11.6. The summed E-state index contributed by atoms with van der Waals surface area (Å²) in [5.74, 6) is -1.19. The highest BCUT2D eigenvalue weighted by Crippen LogP contribution is 2.18. The Morgan fingerprint density at radius 3 is 2.62 bits per heavy atom. The van der Waals surface area contributed by atoms with E-state index in [0.717, 1.165) is 10.9 Å². The molecule has 1 aromatic heterocycles. The van der Waals surface area contributed by atoms with Crippen LogP contribution in [0.5, 0.6) is 0 Å². The van der Waals surface area contributed by atoms with E-state index in [4.69, 9.17) is 5.11 Å². The normalized spacial score (nSPS) is 10.6. The monoisotopic (exact) mass is 217 g/mol. The van der Waals surface area contributed by atoms with E-state index in [-0.39, 0.29) is 5.56 Å². The molecular weight excluding hydrogens is 206 g/mol. The molecule has 0 atom stereocenters. The first-order valence-corrected chi connectivity index (χ1v) is 4.87. The molecule has 0 fully saturated rings. The number of fused-ring (bicyclic) bond motifs is 1. The van der Waals surface area contributed by atoms with Crippen LogP contribution in [0.2, 0.25) is 0 Å². The molecule has 2 rings (SSSR count). The maximum atomic E-state index is 11.6. The van der Waals surface area contributed by atoms with Gasteiger partial charge in [0, 0.05) is 10.9 Å². The van der Waals surface area contributed by atoms with Gasteiger partial charge in [-0.1, -0.05) is 12.1 Å². The fraction of sp³-hybridized carbons (Fsp3) is 0.167. The zero-order valence-electron chi connectivity index (χ0n) is 9.00. The number of aromatic carboxylic acids is 1. The van der Waals surface area contributed by atoms with Crippen LogP contribution in [0.1, 0.15) is 21.5 Å². The molecule has 2 aromatic rings. The minimum absolute atomic E-state index is 0.184. The van der Waals surface area contributed by atoms with Gasteiger partial charge < -0.3 is 10.1 Å². The topological polar surface area (TPSA) is 70.2 Å². The van der Waals surface area contributed by atoms with Crippen LogP contribution in [-0.2, 0) is 0 Å². The van der Waals surface area contributed by atoms with Crippen LogP contribution >= 0.6 is 0 Å². The van der Waals surface area contributed by atoms with Crippen LogP contribution in [0.3, 0.4) is 0 Å². The van der Waals surface area contributed by atoms with Crippen LogP contribution in [0.15, 0.2) is 23.0 Å². The van der Waals surface area contributed by atoms with Crippen molar-refractivity contribution in [2.24, 2.45) is 0 Å². The van der Waals surface area contributed by atoms with Crippen LogP contribution in [0, 0.1) is 13.8 Å². The van der Waals surface area contributed by atoms with Gasteiger partial charge in [0.2, 0.25) is 0 Å². The van der Waals surface area contributed by atoms with E-state index >= 15 is 0 Å². The first-order chi connectivity index (χ1) is 7.50. The smallest absolute Gasteiger partial charge is 0.341 e. The van der Waals surface area contributed by atoms with Gasteiger partial charge in [-0.3, -0.25) is 4.79 Å². The van der Waals surface area contributed by atoms with E-state index in [1.807, 2.05) is 25.1 Å². The van der Waals surface area contributed by atoms with Crippen molar-refractivity contribution in [2.45, 2.75) is 13.8 Å². The number of benzene rings is 1. The second-order valence-corrected chi connectivity index (χ2v) is 3.81. The molecule has 0 unspecified atom stereocenters. The van der Waals surface area contributed by atoms with Crippen LogP contribution in [0.4, 0.5) is 0 Å². The molecule has 0 saturated carbocycles. The average Bonchev–Trinajstić information content (AvgIpc) is 2.15. The minimum atomic E-state index is -1.19. The third kappa shape index (κ3) is 1.48. The SMILES string of the molecule is Cc1ccc2c(C)c(C(=O)O)c(=O)[nH]c2c1. The number of H-pyrrole nitrogens is 1. The Hall–Kier alpha value is -2.10. The van der Waals surface area contributed by atoms with Crippen molar-refractivity contribution >= 4 is 16.9 Å². The summed E-state index contributed by atoms with van der Waals surface area (Å²) in [4.78, 5) is 25.1. The summed E-state index contributed by atoms with van der Waals surface area (Å²) in [6.45, 7) is 3.56. The fourth-order valence-corrected chi connectivity index (χ4v) is 1.84. The first-order valence-electron chi connectivity index (χ1n) is 4.87. The number of pyridine rings is 1. The summed E-state index contributed by atoms with van der Waals surface area (Å²) in [5, 5.41) is 9.71. The molecule has 0 spiro atoms. The zero-order valence-corrected chi connectivity index (χ0v) is 9.00. The predicted octanol–water partition coefficient (Wildman–Crippen LogP) is 1.84. The Morgan fingerprint density at radius 1 is 1.31 bits per heavy atom. The van der Waals surface area contributed by atoms with E-state index in [1.54, 1.807) is 6.92 Å². The lowest BCUT2D eigenvalue weighted by Gasteiger charge is -2.05. The molecular formula is C12H11NO3. The number of carbonyl (C=O) groups is 1. The molecule has 0 bridgehead atoms. The van der Waals surface area contributed by atoms with Crippen molar-refractivity contribution < 1.29 is 9.90 Å². The summed E-state index contributed by atoms with van der Waals surface area (Å²) in [6, 6.07) is 5.54. The van der Waals surface area contributed by atoms with Crippen molar-refractivity contribution in [3.8, 4) is 0 Å². The molecule has 1 aromatic carbocycles. The second-order valence-electron chi connectivity index (χ2n) is 3.81. The maximum Gasteiger partial charge on any atom is 0.341 e. The van der Waals surface area contributed by atoms with Crippen molar-refractivity contribution in [3.63, 3.8) is 0 Å². The molecule has 4 nitrogen and oxygen atoms in total. The summed E-state index contributed by atoms with van der Waals surface area (Å²) in [7, 11) is 0. The van der Waals surface area contributed by atoms with Gasteiger partial charge in [0.25, 0.3) is 5.56 Å².